The van der Waals surface area contributed by atoms with Gasteiger partial charge in [-0.1, -0.05) is 0 Å². The van der Waals surface area contributed by atoms with E-state index >= 15 is 0 Å². The van der Waals surface area contributed by atoms with Gasteiger partial charge in [0.15, 0.2) is 0 Å². The van der Waals surface area contributed by atoms with Gasteiger partial charge >= 0.3 is 0 Å². The number of rotatable bonds is 0. The Bertz CT molecular complexity index is 138. The highest BCUT2D eigenvalue weighted by molar-refractivity contribution is 5.83. The van der Waals surface area contributed by atoms with Gasteiger partial charge in [-0.15, -0.1) is 0 Å². The van der Waals surface area contributed by atoms with Crippen LogP contribution in [0.2, 0.25) is 0 Å². The summed E-state index contributed by atoms with van der Waals surface area (Å²) >= 11 is 0. The number of amides is 1. The van der Waals surface area contributed by atoms with Crippen LogP contribution in [0.5, 0.6) is 0 Å². The summed E-state index contributed by atoms with van der Waals surface area (Å²) in [5.74, 6) is -0.623. The van der Waals surface area contributed by atoms with Gasteiger partial charge in [0.25, 0.3) is 5.91 Å². The van der Waals surface area contributed by atoms with E-state index in [9.17, 15) is 4.79 Å². The molecule has 0 saturated carbocycles. The lowest BCUT2D eigenvalue weighted by molar-refractivity contribution is -0.158. The Morgan fingerprint density at radius 3 is 2.44 bits per heavy atom. The Balaban J connectivity index is 2.65. The molecular formula is C4H8N2O3. The number of aliphatic hydroxyl groups excluding tert-OH is 1. The van der Waals surface area contributed by atoms with Crippen molar-refractivity contribution in [3.63, 3.8) is 0 Å². The highest BCUT2D eigenvalue weighted by atomic mass is 16.5. The van der Waals surface area contributed by atoms with E-state index in [0.717, 1.165) is 0 Å². The molecule has 5 nitrogen and oxygen atoms in total. The van der Waals surface area contributed by atoms with Gasteiger partial charge in [-0.2, -0.15) is 0 Å². The first-order valence-corrected chi connectivity index (χ1v) is 2.57. The summed E-state index contributed by atoms with van der Waals surface area (Å²) in [5.41, 5.74) is 5.11. The lowest BCUT2D eigenvalue weighted by Crippen LogP contribution is -2.37. The third-order valence-electron chi connectivity index (χ3n) is 1.31. The number of carbonyl (C=O) groups is 1. The van der Waals surface area contributed by atoms with Crippen LogP contribution in [0, 0.1) is 0 Å². The molecule has 2 atom stereocenters. The zero-order valence-corrected chi connectivity index (χ0v) is 4.69. The molecule has 0 aromatic rings. The molecule has 1 amide bonds. The molecule has 1 aliphatic heterocycles. The fourth-order valence-electron chi connectivity index (χ4n) is 0.717. The quantitative estimate of drug-likeness (QED) is 0.330. The number of nitrogens with zero attached hydrogens (tertiary/aromatic N) is 1. The second-order valence-corrected chi connectivity index (χ2v) is 2.01. The predicted octanol–water partition coefficient (Wildman–Crippen LogP) is -2.09. The number of β-amino-alcohol motifs (C(OH)–C–C–N with tert-alkyl or cyclic N) is 1. The van der Waals surface area contributed by atoms with Crippen LogP contribution in [0.3, 0.4) is 0 Å². The van der Waals surface area contributed by atoms with Crippen LogP contribution in [-0.4, -0.2) is 40.0 Å². The smallest absolute Gasteiger partial charge is 0.265 e. The minimum atomic E-state index is -0.949. The van der Waals surface area contributed by atoms with Crippen LogP contribution in [0.4, 0.5) is 0 Å². The average Bonchev–Trinajstić information content (AvgIpc) is 1.98. The Morgan fingerprint density at radius 1 is 1.78 bits per heavy atom. The van der Waals surface area contributed by atoms with Crippen LogP contribution in [-0.2, 0) is 4.79 Å². The first-order chi connectivity index (χ1) is 4.13. The molecule has 1 saturated heterocycles. The average molecular weight is 132 g/mol. The molecule has 1 rings (SSSR count). The van der Waals surface area contributed by atoms with E-state index < -0.39 is 18.1 Å². The molecule has 1 aliphatic rings. The van der Waals surface area contributed by atoms with Crippen LogP contribution in [0.1, 0.15) is 0 Å². The molecule has 0 unspecified atom stereocenters. The molecule has 0 radical (unpaired) electrons. The SMILES string of the molecule is N[C@H]1C(=O)N(O)C[C@@H]1O. The van der Waals surface area contributed by atoms with Crippen LogP contribution >= 0.6 is 0 Å². The van der Waals surface area contributed by atoms with Gasteiger partial charge in [0.1, 0.15) is 6.04 Å². The molecular weight excluding hydrogens is 124 g/mol. The maximum absolute atomic E-state index is 10.5. The van der Waals surface area contributed by atoms with E-state index in [1.165, 1.54) is 0 Å². The number of nitrogens with two attached hydrogens (primary N) is 1. The Morgan fingerprint density at radius 2 is 2.33 bits per heavy atom. The highest BCUT2D eigenvalue weighted by Gasteiger charge is 2.35. The monoisotopic (exact) mass is 132 g/mol. The largest absolute Gasteiger partial charge is 0.389 e. The van der Waals surface area contributed by atoms with Gasteiger partial charge < -0.3 is 10.8 Å². The molecule has 0 aromatic heterocycles. The molecule has 0 bridgehead atoms. The third kappa shape index (κ3) is 0.893. The minimum Gasteiger partial charge on any atom is -0.389 e. The molecule has 9 heavy (non-hydrogen) atoms. The van der Waals surface area contributed by atoms with E-state index in [1.54, 1.807) is 0 Å². The molecule has 1 heterocycles. The van der Waals surface area contributed by atoms with E-state index in [1.807, 2.05) is 0 Å². The number of hydrogen-bond acceptors (Lipinski definition) is 4. The third-order valence-corrected chi connectivity index (χ3v) is 1.31. The van der Waals surface area contributed by atoms with E-state index in [-0.39, 0.29) is 6.54 Å². The lowest BCUT2D eigenvalue weighted by atomic mass is 10.2. The van der Waals surface area contributed by atoms with Crippen LogP contribution in [0.25, 0.3) is 0 Å². The number of aliphatic hydroxyl groups is 1. The summed E-state index contributed by atoms with van der Waals surface area (Å²) in [5, 5.41) is 17.8. The predicted molar refractivity (Wildman–Crippen MR) is 27.5 cm³/mol. The molecule has 0 spiro atoms. The first kappa shape index (κ1) is 6.47. The van der Waals surface area contributed by atoms with Gasteiger partial charge in [0.05, 0.1) is 12.6 Å². The van der Waals surface area contributed by atoms with Gasteiger partial charge in [-0.25, -0.2) is 5.06 Å². The summed E-state index contributed by atoms with van der Waals surface area (Å²) < 4.78 is 0. The van der Waals surface area contributed by atoms with Crippen molar-refractivity contribution in [1.29, 1.82) is 0 Å². The summed E-state index contributed by atoms with van der Waals surface area (Å²) in [6.07, 6.45) is -0.928. The zero-order valence-electron chi connectivity index (χ0n) is 4.69. The molecule has 52 valence electrons. The highest BCUT2D eigenvalue weighted by Crippen LogP contribution is 2.05. The van der Waals surface area contributed by atoms with Crippen LogP contribution in [0.15, 0.2) is 0 Å². The maximum Gasteiger partial charge on any atom is 0.265 e. The van der Waals surface area contributed by atoms with Crippen molar-refractivity contribution in [3.8, 4) is 0 Å². The van der Waals surface area contributed by atoms with Crippen molar-refractivity contribution in [2.24, 2.45) is 5.73 Å². The number of hydrogen-bond donors (Lipinski definition) is 3. The summed E-state index contributed by atoms with van der Waals surface area (Å²) in [6.45, 7) is -0.0833. The van der Waals surface area contributed by atoms with Crippen LogP contribution < -0.4 is 5.73 Å². The van der Waals surface area contributed by atoms with Gasteiger partial charge in [0.2, 0.25) is 0 Å². The van der Waals surface area contributed by atoms with Crippen molar-refractivity contribution < 1.29 is 15.1 Å². The van der Waals surface area contributed by atoms with E-state index in [2.05, 4.69) is 0 Å². The molecule has 4 N–H and O–H groups in total. The Labute approximate surface area is 51.6 Å². The van der Waals surface area contributed by atoms with Crippen molar-refractivity contribution >= 4 is 5.91 Å². The van der Waals surface area contributed by atoms with Crippen molar-refractivity contribution in [2.75, 3.05) is 6.54 Å². The van der Waals surface area contributed by atoms with Gasteiger partial charge in [-0.05, 0) is 0 Å². The Hall–Kier alpha value is -0.650. The van der Waals surface area contributed by atoms with Gasteiger partial charge in [-0.3, -0.25) is 10.0 Å². The maximum atomic E-state index is 10.5. The second kappa shape index (κ2) is 1.94. The lowest BCUT2D eigenvalue weighted by Gasteiger charge is -2.02. The fourth-order valence-corrected chi connectivity index (χ4v) is 0.717. The fraction of sp³-hybridized carbons (Fsp3) is 0.750. The standard InChI is InChI=1S/C4H8N2O3/c5-3-2(7)1-6(9)4(3)8/h2-3,7,9H,1,5H2/t2-,3+/m0/s1. The Kier molecular flexibility index (Phi) is 1.40. The van der Waals surface area contributed by atoms with Crippen molar-refractivity contribution in [2.45, 2.75) is 12.1 Å². The summed E-state index contributed by atoms with van der Waals surface area (Å²) in [4.78, 5) is 10.5. The second-order valence-electron chi connectivity index (χ2n) is 2.01. The van der Waals surface area contributed by atoms with E-state index in [0.29, 0.717) is 5.06 Å². The molecule has 0 aromatic carbocycles. The zero-order chi connectivity index (χ0) is 7.02. The first-order valence-electron chi connectivity index (χ1n) is 2.57. The number of hydroxylamine groups is 2. The van der Waals surface area contributed by atoms with Crippen molar-refractivity contribution in [3.05, 3.63) is 0 Å². The van der Waals surface area contributed by atoms with Gasteiger partial charge in [0, 0.05) is 0 Å². The molecule has 0 aliphatic carbocycles. The summed E-state index contributed by atoms with van der Waals surface area (Å²) in [6, 6.07) is -0.949. The van der Waals surface area contributed by atoms with Crippen molar-refractivity contribution in [1.82, 2.24) is 5.06 Å². The molecule has 1 fully saturated rings. The van der Waals surface area contributed by atoms with E-state index in [4.69, 9.17) is 16.0 Å². The minimum absolute atomic E-state index is 0.0833. The topological polar surface area (TPSA) is 86.8 Å². The normalized spacial score (nSPS) is 35.9. The molecule has 5 heteroatoms. The summed E-state index contributed by atoms with van der Waals surface area (Å²) in [7, 11) is 0. The number of carbonyl (C=O) groups excluding carboxylic acids is 1.